The molecule has 1 saturated heterocycles. The topological polar surface area (TPSA) is 287 Å². The summed E-state index contributed by atoms with van der Waals surface area (Å²) in [7, 11) is 0. The molecule has 1 heterocycles. The van der Waals surface area contributed by atoms with Crippen LogP contribution in [0.15, 0.2) is 0 Å². The first-order valence-corrected chi connectivity index (χ1v) is 16.2. The zero-order valence-electron chi connectivity index (χ0n) is 26.3. The fraction of sp³-hybridized carbons (Fsp3) is 0.704. The van der Waals surface area contributed by atoms with Gasteiger partial charge in [-0.25, -0.2) is 0 Å². The lowest BCUT2D eigenvalue weighted by Crippen LogP contribution is -2.59. The van der Waals surface area contributed by atoms with Crippen molar-refractivity contribution < 1.29 is 48.6 Å². The second-order valence-electron chi connectivity index (χ2n) is 10.9. The Kier molecular flexibility index (Phi) is 17.6. The van der Waals surface area contributed by atoms with Crippen LogP contribution in [0, 0.1) is 0 Å². The lowest BCUT2D eigenvalue weighted by molar-refractivity contribution is -0.141. The second-order valence-corrected chi connectivity index (χ2v) is 11.8. The number of amides is 7. The molecule has 7 atom stereocenters. The zero-order chi connectivity index (χ0) is 35.0. The van der Waals surface area contributed by atoms with Crippen LogP contribution in [-0.2, 0) is 38.4 Å². The van der Waals surface area contributed by atoms with Crippen LogP contribution in [-0.4, -0.2) is 125 Å². The van der Waals surface area contributed by atoms with Crippen LogP contribution >= 0.6 is 11.8 Å². The molecule has 0 radical (unpaired) electrons. The largest absolute Gasteiger partial charge is 0.480 e. The Hall–Kier alpha value is -3.97. The number of carboxylic acid groups (broad SMARTS) is 1. The van der Waals surface area contributed by atoms with Crippen LogP contribution in [0.25, 0.3) is 0 Å². The molecular weight excluding hydrogens is 628 g/mol. The molecule has 0 aromatic heterocycles. The Morgan fingerprint density at radius 1 is 0.848 bits per heavy atom. The summed E-state index contributed by atoms with van der Waals surface area (Å²) < 4.78 is 0. The van der Waals surface area contributed by atoms with Gasteiger partial charge in [0, 0.05) is 6.42 Å². The summed E-state index contributed by atoms with van der Waals surface area (Å²) in [5.41, 5.74) is 5.20. The summed E-state index contributed by atoms with van der Waals surface area (Å²) in [6.45, 7) is 3.86. The van der Waals surface area contributed by atoms with E-state index in [1.807, 2.05) is 0 Å². The van der Waals surface area contributed by atoms with Gasteiger partial charge in [-0.2, -0.15) is 11.8 Å². The minimum atomic E-state index is -1.42. The van der Waals surface area contributed by atoms with E-state index in [1.54, 1.807) is 6.26 Å². The van der Waals surface area contributed by atoms with Crippen molar-refractivity contribution in [3.8, 4) is 0 Å². The van der Waals surface area contributed by atoms with Gasteiger partial charge in [0.2, 0.25) is 41.4 Å². The summed E-state index contributed by atoms with van der Waals surface area (Å²) in [6, 6.07) is -6.76. The molecule has 19 heteroatoms. The fourth-order valence-electron chi connectivity index (χ4n) is 4.21. The number of nitrogens with two attached hydrogens (primary N) is 1. The molecule has 1 aliphatic heterocycles. The van der Waals surface area contributed by atoms with E-state index in [9.17, 15) is 43.5 Å². The molecule has 0 aromatic carbocycles. The number of carboxylic acids is 1. The van der Waals surface area contributed by atoms with E-state index in [0.29, 0.717) is 18.7 Å². The molecule has 7 amide bonds. The second kappa shape index (κ2) is 20.2. The monoisotopic (exact) mass is 674 g/mol. The molecule has 18 nitrogen and oxygen atoms in total. The van der Waals surface area contributed by atoms with E-state index in [0.717, 1.165) is 6.42 Å². The van der Waals surface area contributed by atoms with E-state index >= 15 is 0 Å². The first kappa shape index (κ1) is 40.1. The van der Waals surface area contributed by atoms with Gasteiger partial charge >= 0.3 is 5.97 Å². The molecule has 0 saturated carbocycles. The van der Waals surface area contributed by atoms with Crippen molar-refractivity contribution in [1.29, 1.82) is 0 Å². The molecule has 11 N–H and O–H groups in total. The van der Waals surface area contributed by atoms with Gasteiger partial charge in [0.05, 0.1) is 18.7 Å². The van der Waals surface area contributed by atoms with Crippen LogP contribution in [0.4, 0.5) is 0 Å². The SMILES string of the molecule is CSCC[C@H](NC(=O)[C@H](C)NC(=O)CNC(=O)[C@H](CCC(N)=O)NC(=O)[C@@H](NC(=O)[C@@H]1CCCN1)[C@@H](C)O)C(=O)N[C@@H](C)C(=O)O. The minimum Gasteiger partial charge on any atom is -0.480 e. The van der Waals surface area contributed by atoms with E-state index in [4.69, 9.17) is 10.8 Å². The highest BCUT2D eigenvalue weighted by Crippen LogP contribution is 2.07. The average molecular weight is 675 g/mol. The first-order valence-electron chi connectivity index (χ1n) is 14.8. The van der Waals surface area contributed by atoms with Crippen molar-refractivity contribution in [1.82, 2.24) is 37.2 Å². The summed E-state index contributed by atoms with van der Waals surface area (Å²) in [5.74, 6) is -6.09. The molecule has 1 aliphatic rings. The van der Waals surface area contributed by atoms with Gasteiger partial charge in [0.25, 0.3) is 0 Å². The maximum Gasteiger partial charge on any atom is 0.325 e. The number of carbonyl (C=O) groups is 8. The van der Waals surface area contributed by atoms with Gasteiger partial charge in [-0.1, -0.05) is 0 Å². The first-order chi connectivity index (χ1) is 21.6. The number of nitrogens with one attached hydrogen (secondary N) is 7. The molecule has 0 spiro atoms. The van der Waals surface area contributed by atoms with Crippen molar-refractivity contribution in [2.45, 2.75) is 95.2 Å². The molecule has 46 heavy (non-hydrogen) atoms. The van der Waals surface area contributed by atoms with Crippen LogP contribution < -0.4 is 43.0 Å². The van der Waals surface area contributed by atoms with Gasteiger partial charge in [0.1, 0.15) is 30.2 Å². The van der Waals surface area contributed by atoms with E-state index in [1.165, 1.54) is 32.5 Å². The summed E-state index contributed by atoms with van der Waals surface area (Å²) >= 11 is 1.41. The van der Waals surface area contributed by atoms with Gasteiger partial charge in [0.15, 0.2) is 0 Å². The Morgan fingerprint density at radius 2 is 1.48 bits per heavy atom. The van der Waals surface area contributed by atoms with E-state index in [2.05, 4.69) is 37.2 Å². The average Bonchev–Trinajstić information content (AvgIpc) is 3.53. The highest BCUT2D eigenvalue weighted by Gasteiger charge is 2.33. The summed E-state index contributed by atoms with van der Waals surface area (Å²) in [6.07, 6.45) is 1.39. The lowest BCUT2D eigenvalue weighted by atomic mass is 10.1. The lowest BCUT2D eigenvalue weighted by Gasteiger charge is -2.25. The third-order valence-electron chi connectivity index (χ3n) is 6.92. The Labute approximate surface area is 270 Å². The maximum absolute atomic E-state index is 13.0. The minimum absolute atomic E-state index is 0.192. The zero-order valence-corrected chi connectivity index (χ0v) is 27.2. The van der Waals surface area contributed by atoms with Gasteiger partial charge in [-0.15, -0.1) is 0 Å². The maximum atomic E-state index is 13.0. The van der Waals surface area contributed by atoms with Crippen molar-refractivity contribution >= 4 is 59.1 Å². The van der Waals surface area contributed by atoms with Crippen molar-refractivity contribution in [3.05, 3.63) is 0 Å². The molecule has 0 unspecified atom stereocenters. The number of aliphatic hydroxyl groups is 1. The standard InChI is InChI=1S/C27H46N8O10S/c1-13(22(39)33-18(9-11-46-4)25(42)32-14(2)27(44)45)31-20(38)12-30-23(40)17(7-8-19(28)37)34-26(43)21(15(3)36)35-24(41)16-6-5-10-29-16/h13-18,21,29,36H,5-12H2,1-4H3,(H2,28,37)(H,30,40)(H,31,38)(H,32,42)(H,33,39)(H,34,43)(H,35,41)(H,44,45)/t13-,14-,15+,16-,17-,18-,21-/m0/s1. The predicted molar refractivity (Wildman–Crippen MR) is 166 cm³/mol. The molecule has 0 aliphatic carbocycles. The van der Waals surface area contributed by atoms with Crippen molar-refractivity contribution in [2.75, 3.05) is 25.1 Å². The molecule has 1 rings (SSSR count). The number of hydrogen-bond acceptors (Lipinski definition) is 11. The van der Waals surface area contributed by atoms with Gasteiger partial charge < -0.3 is 53.2 Å². The van der Waals surface area contributed by atoms with Crippen LogP contribution in [0.5, 0.6) is 0 Å². The quantitative estimate of drug-likeness (QED) is 0.0588. The van der Waals surface area contributed by atoms with E-state index in [-0.39, 0.29) is 19.3 Å². The number of carbonyl (C=O) groups excluding carboxylic acids is 7. The smallest absolute Gasteiger partial charge is 0.325 e. The molecule has 0 aromatic rings. The van der Waals surface area contributed by atoms with Crippen LogP contribution in [0.2, 0.25) is 0 Å². The number of aliphatic hydroxyl groups excluding tert-OH is 1. The summed E-state index contributed by atoms with van der Waals surface area (Å²) in [4.78, 5) is 98.6. The fourth-order valence-corrected chi connectivity index (χ4v) is 4.68. The Morgan fingerprint density at radius 3 is 2.02 bits per heavy atom. The number of aliphatic carboxylic acids is 1. The van der Waals surface area contributed by atoms with Crippen LogP contribution in [0.3, 0.4) is 0 Å². The predicted octanol–water partition coefficient (Wildman–Crippen LogP) is -4.20. The van der Waals surface area contributed by atoms with Gasteiger partial charge in [-0.05, 0) is 65.0 Å². The number of thioether (sulfide) groups is 1. The molecule has 0 bridgehead atoms. The van der Waals surface area contributed by atoms with Gasteiger partial charge in [-0.3, -0.25) is 38.4 Å². The number of rotatable bonds is 20. The third kappa shape index (κ3) is 14.4. The third-order valence-corrected chi connectivity index (χ3v) is 7.56. The Balaban J connectivity index is 2.79. The summed E-state index contributed by atoms with van der Waals surface area (Å²) in [5, 5.41) is 36.4. The number of hydrogen-bond donors (Lipinski definition) is 10. The highest BCUT2D eigenvalue weighted by molar-refractivity contribution is 7.98. The van der Waals surface area contributed by atoms with Crippen molar-refractivity contribution in [3.63, 3.8) is 0 Å². The molecular formula is C27H46N8O10S. The molecule has 1 fully saturated rings. The normalized spacial score (nSPS) is 18.0. The highest BCUT2D eigenvalue weighted by atomic mass is 32.2. The van der Waals surface area contributed by atoms with Crippen LogP contribution in [0.1, 0.15) is 52.9 Å². The van der Waals surface area contributed by atoms with E-state index < -0.39 is 96.2 Å². The van der Waals surface area contributed by atoms with Crippen molar-refractivity contribution in [2.24, 2.45) is 5.73 Å². The molecule has 260 valence electrons. The number of primary amides is 1. The Bertz CT molecular complexity index is 1120.